The Kier molecular flexibility index (Phi) is 4.22. The molecule has 4 rings (SSSR count). The first-order valence-corrected chi connectivity index (χ1v) is 10.5. The van der Waals surface area contributed by atoms with Gasteiger partial charge in [-0.2, -0.15) is 0 Å². The molecule has 0 aliphatic carbocycles. The van der Waals surface area contributed by atoms with Crippen LogP contribution in [0.1, 0.15) is 34.5 Å². The first-order valence-electron chi connectivity index (χ1n) is 8.64. The van der Waals surface area contributed by atoms with Crippen LogP contribution >= 0.6 is 0 Å². The standard InChI is InChI=1S/C19H20N2O5S/c1-12(13-4-6-17-18(10-13)26-11-25-17)20-19(22)15-3-5-16-14(9-15)7-8-21(16)27(2,23)24/h3-6,9-10,12H,7-8,11H2,1-2H3,(H,20,22). The van der Waals surface area contributed by atoms with E-state index < -0.39 is 10.0 Å². The maximum absolute atomic E-state index is 12.6. The van der Waals surface area contributed by atoms with Crippen molar-refractivity contribution in [3.63, 3.8) is 0 Å². The number of hydrogen-bond acceptors (Lipinski definition) is 5. The summed E-state index contributed by atoms with van der Waals surface area (Å²) in [5.74, 6) is 1.17. The zero-order chi connectivity index (χ0) is 19.2. The summed E-state index contributed by atoms with van der Waals surface area (Å²) >= 11 is 0. The number of benzene rings is 2. The summed E-state index contributed by atoms with van der Waals surface area (Å²) < 4.78 is 35.7. The molecular weight excluding hydrogens is 368 g/mol. The Hall–Kier alpha value is -2.74. The van der Waals surface area contributed by atoms with E-state index >= 15 is 0 Å². The predicted molar refractivity (Wildman–Crippen MR) is 101 cm³/mol. The van der Waals surface area contributed by atoms with E-state index in [4.69, 9.17) is 9.47 Å². The van der Waals surface area contributed by atoms with E-state index in [1.165, 1.54) is 10.6 Å². The zero-order valence-corrected chi connectivity index (χ0v) is 15.9. The summed E-state index contributed by atoms with van der Waals surface area (Å²) in [6, 6.07) is 10.5. The summed E-state index contributed by atoms with van der Waals surface area (Å²) in [4.78, 5) is 12.6. The molecule has 7 nitrogen and oxygen atoms in total. The fourth-order valence-corrected chi connectivity index (χ4v) is 4.36. The van der Waals surface area contributed by atoms with Gasteiger partial charge in [-0.3, -0.25) is 9.10 Å². The molecular formula is C19H20N2O5S. The van der Waals surface area contributed by atoms with Gasteiger partial charge in [0.05, 0.1) is 18.0 Å². The summed E-state index contributed by atoms with van der Waals surface area (Å²) in [7, 11) is -3.30. The number of nitrogens with one attached hydrogen (secondary N) is 1. The van der Waals surface area contributed by atoms with Gasteiger partial charge >= 0.3 is 0 Å². The third-order valence-corrected chi connectivity index (χ3v) is 6.02. The van der Waals surface area contributed by atoms with Crippen LogP contribution < -0.4 is 19.1 Å². The van der Waals surface area contributed by atoms with Crippen molar-refractivity contribution >= 4 is 21.6 Å². The second kappa shape index (κ2) is 6.45. The maximum atomic E-state index is 12.6. The number of carbonyl (C=O) groups excluding carboxylic acids is 1. The Balaban J connectivity index is 1.50. The van der Waals surface area contributed by atoms with E-state index in [-0.39, 0.29) is 18.7 Å². The van der Waals surface area contributed by atoms with Crippen LogP contribution in [0.5, 0.6) is 11.5 Å². The molecule has 1 amide bonds. The number of carbonyl (C=O) groups is 1. The third-order valence-electron chi connectivity index (χ3n) is 4.84. The second-order valence-electron chi connectivity index (χ2n) is 6.74. The molecule has 0 saturated heterocycles. The van der Waals surface area contributed by atoms with Crippen molar-refractivity contribution in [3.05, 3.63) is 53.1 Å². The Morgan fingerprint density at radius 2 is 1.93 bits per heavy atom. The van der Waals surface area contributed by atoms with Gasteiger partial charge < -0.3 is 14.8 Å². The van der Waals surface area contributed by atoms with Gasteiger partial charge in [-0.15, -0.1) is 0 Å². The van der Waals surface area contributed by atoms with Crippen LogP contribution in [-0.4, -0.2) is 33.9 Å². The van der Waals surface area contributed by atoms with Crippen molar-refractivity contribution in [3.8, 4) is 11.5 Å². The lowest BCUT2D eigenvalue weighted by atomic mass is 10.1. The molecule has 1 N–H and O–H groups in total. The van der Waals surface area contributed by atoms with Crippen molar-refractivity contribution in [1.29, 1.82) is 0 Å². The van der Waals surface area contributed by atoms with Gasteiger partial charge in [-0.1, -0.05) is 6.07 Å². The summed E-state index contributed by atoms with van der Waals surface area (Å²) in [6.45, 7) is 2.51. The van der Waals surface area contributed by atoms with Crippen LogP contribution in [0.15, 0.2) is 36.4 Å². The molecule has 8 heteroatoms. The average Bonchev–Trinajstić information content (AvgIpc) is 3.26. The lowest BCUT2D eigenvalue weighted by Gasteiger charge is -2.17. The molecule has 0 aromatic heterocycles. The van der Waals surface area contributed by atoms with Crippen molar-refractivity contribution in [2.75, 3.05) is 23.9 Å². The van der Waals surface area contributed by atoms with Crippen molar-refractivity contribution < 1.29 is 22.7 Å². The van der Waals surface area contributed by atoms with Gasteiger partial charge in [0.25, 0.3) is 5.91 Å². The fraction of sp³-hybridized carbons (Fsp3) is 0.316. The van der Waals surface area contributed by atoms with Crippen molar-refractivity contribution in [1.82, 2.24) is 5.32 Å². The van der Waals surface area contributed by atoms with Crippen molar-refractivity contribution in [2.24, 2.45) is 0 Å². The Labute approximate surface area is 157 Å². The Bertz CT molecular complexity index is 1020. The minimum absolute atomic E-state index is 0.207. The number of rotatable bonds is 4. The molecule has 1 atom stereocenters. The summed E-state index contributed by atoms with van der Waals surface area (Å²) in [6.07, 6.45) is 1.79. The molecule has 0 radical (unpaired) electrons. The van der Waals surface area contributed by atoms with Crippen LogP contribution in [0, 0.1) is 0 Å². The minimum atomic E-state index is -3.30. The van der Waals surface area contributed by atoms with Crippen molar-refractivity contribution in [2.45, 2.75) is 19.4 Å². The monoisotopic (exact) mass is 388 g/mol. The van der Waals surface area contributed by atoms with E-state index in [0.717, 1.165) is 11.1 Å². The normalized spacial score (nSPS) is 16.1. The molecule has 142 valence electrons. The molecule has 2 aromatic rings. The summed E-state index contributed by atoms with van der Waals surface area (Å²) in [5, 5.41) is 2.97. The van der Waals surface area contributed by atoms with Crippen LogP contribution in [0.3, 0.4) is 0 Å². The van der Waals surface area contributed by atoms with Gasteiger partial charge in [0.1, 0.15) is 0 Å². The summed E-state index contributed by atoms with van der Waals surface area (Å²) in [5.41, 5.74) is 2.94. The highest BCUT2D eigenvalue weighted by atomic mass is 32.2. The van der Waals surface area contributed by atoms with Gasteiger partial charge in [0.2, 0.25) is 16.8 Å². The number of fused-ring (bicyclic) bond motifs is 2. The molecule has 1 unspecified atom stereocenters. The number of nitrogens with zero attached hydrogens (tertiary/aromatic N) is 1. The SMILES string of the molecule is CC(NC(=O)c1ccc2c(c1)CCN2S(C)(=O)=O)c1ccc2c(c1)OCO2. The highest BCUT2D eigenvalue weighted by Gasteiger charge is 2.27. The lowest BCUT2D eigenvalue weighted by Crippen LogP contribution is -2.28. The topological polar surface area (TPSA) is 84.9 Å². The van der Waals surface area contributed by atoms with Crippen LogP contribution in [0.2, 0.25) is 0 Å². The molecule has 27 heavy (non-hydrogen) atoms. The number of sulfonamides is 1. The van der Waals surface area contributed by atoms with Crippen LogP contribution in [-0.2, 0) is 16.4 Å². The van der Waals surface area contributed by atoms with E-state index in [1.54, 1.807) is 18.2 Å². The first-order chi connectivity index (χ1) is 12.8. The van der Waals surface area contributed by atoms with Gasteiger partial charge in [0, 0.05) is 12.1 Å². The third kappa shape index (κ3) is 3.32. The zero-order valence-electron chi connectivity index (χ0n) is 15.1. The van der Waals surface area contributed by atoms with Gasteiger partial charge in [-0.25, -0.2) is 8.42 Å². The van der Waals surface area contributed by atoms with Gasteiger partial charge in [0.15, 0.2) is 11.5 Å². The molecule has 2 aromatic carbocycles. The molecule has 0 spiro atoms. The van der Waals surface area contributed by atoms with E-state index in [2.05, 4.69) is 5.32 Å². The highest BCUT2D eigenvalue weighted by molar-refractivity contribution is 7.92. The smallest absolute Gasteiger partial charge is 0.251 e. The quantitative estimate of drug-likeness (QED) is 0.868. The van der Waals surface area contributed by atoms with E-state index in [1.807, 2.05) is 25.1 Å². The number of hydrogen-bond donors (Lipinski definition) is 1. The molecule has 2 heterocycles. The first kappa shape index (κ1) is 17.7. The van der Waals surface area contributed by atoms with Gasteiger partial charge in [-0.05, 0) is 54.8 Å². The number of ether oxygens (including phenoxy) is 2. The highest BCUT2D eigenvalue weighted by Crippen LogP contribution is 2.34. The minimum Gasteiger partial charge on any atom is -0.454 e. The molecule has 0 bridgehead atoms. The average molecular weight is 388 g/mol. The number of amides is 1. The van der Waals surface area contributed by atoms with Crippen LogP contribution in [0.4, 0.5) is 5.69 Å². The largest absolute Gasteiger partial charge is 0.454 e. The van der Waals surface area contributed by atoms with E-state index in [0.29, 0.717) is 35.7 Å². The Morgan fingerprint density at radius 1 is 1.15 bits per heavy atom. The van der Waals surface area contributed by atoms with Crippen LogP contribution in [0.25, 0.3) is 0 Å². The fourth-order valence-electron chi connectivity index (χ4n) is 3.40. The lowest BCUT2D eigenvalue weighted by molar-refractivity contribution is 0.0939. The second-order valence-corrected chi connectivity index (χ2v) is 8.64. The molecule has 0 fully saturated rings. The number of anilines is 1. The predicted octanol–water partition coefficient (Wildman–Crippen LogP) is 2.23. The maximum Gasteiger partial charge on any atom is 0.251 e. The molecule has 0 saturated carbocycles. The van der Waals surface area contributed by atoms with E-state index in [9.17, 15) is 13.2 Å². The molecule has 2 aliphatic rings. The Morgan fingerprint density at radius 3 is 2.70 bits per heavy atom. The molecule has 2 aliphatic heterocycles.